The third-order valence-electron chi connectivity index (χ3n) is 7.10. The van der Waals surface area contributed by atoms with Gasteiger partial charge >= 0.3 is 5.97 Å². The normalized spacial score (nSPS) is 34.1. The molecule has 2 N–H and O–H groups in total. The summed E-state index contributed by atoms with van der Waals surface area (Å²) in [7, 11) is 0. The van der Waals surface area contributed by atoms with Crippen LogP contribution in [0.15, 0.2) is 23.1 Å². The first-order chi connectivity index (χ1) is 16.5. The molecule has 0 spiro atoms. The maximum Gasteiger partial charge on any atom is 0.309 e. The maximum atomic E-state index is 13.0. The zero-order chi connectivity index (χ0) is 26.1. The summed E-state index contributed by atoms with van der Waals surface area (Å²) in [5.74, 6) is -1.74. The van der Waals surface area contributed by atoms with Crippen LogP contribution in [0.5, 0.6) is 0 Å². The number of carbonyl (C=O) groups is 2. The van der Waals surface area contributed by atoms with Gasteiger partial charge in [0.15, 0.2) is 0 Å². The highest BCUT2D eigenvalue weighted by atomic mass is 32.1. The molecule has 0 aliphatic carbocycles. The molecule has 0 saturated carbocycles. The molecule has 0 fully saturated rings. The molecule has 0 bridgehead atoms. The number of ketones is 1. The van der Waals surface area contributed by atoms with Crippen LogP contribution >= 0.6 is 11.3 Å². The van der Waals surface area contributed by atoms with E-state index in [0.29, 0.717) is 12.3 Å². The molecule has 0 saturated heterocycles. The standard InChI is InChI=1S/C28H43NO5S/c1-17-11-9-7-8-10-12-25(18(2)14-23-16-35-22(6)29-23)34-26(31)15-24(30)20(4)28(33)21(5)27(32)19(3)13-17/h8,10,14,16-17,19-21,24-25,27,30,32H,7,9,11-13,15H2,1-6H3/b10-8-,18-14+/t17-,19-,20-,21+,24-,25-,27-/m0/s1. The van der Waals surface area contributed by atoms with Crippen molar-refractivity contribution in [3.8, 4) is 0 Å². The Hall–Kier alpha value is -1.83. The van der Waals surface area contributed by atoms with Crippen LogP contribution in [-0.2, 0) is 14.3 Å². The number of cyclic esters (lactones) is 1. The van der Waals surface area contributed by atoms with E-state index in [0.717, 1.165) is 42.0 Å². The van der Waals surface area contributed by atoms with Crippen molar-refractivity contribution in [3.05, 3.63) is 33.8 Å². The molecular formula is C28H43NO5S. The number of thiazole rings is 1. The predicted molar refractivity (Wildman–Crippen MR) is 141 cm³/mol. The zero-order valence-corrected chi connectivity index (χ0v) is 22.9. The number of hydrogen-bond acceptors (Lipinski definition) is 7. The average molecular weight is 506 g/mol. The van der Waals surface area contributed by atoms with Gasteiger partial charge in [-0.05, 0) is 56.6 Å². The number of rotatable bonds is 2. The second-order valence-corrected chi connectivity index (χ2v) is 11.4. The van der Waals surface area contributed by atoms with Crippen LogP contribution in [-0.4, -0.2) is 45.3 Å². The summed E-state index contributed by atoms with van der Waals surface area (Å²) in [5.41, 5.74) is 1.71. The van der Waals surface area contributed by atoms with Gasteiger partial charge in [0.2, 0.25) is 0 Å². The fraction of sp³-hybridized carbons (Fsp3) is 0.679. The highest BCUT2D eigenvalue weighted by molar-refractivity contribution is 7.09. The fourth-order valence-corrected chi connectivity index (χ4v) is 5.30. The summed E-state index contributed by atoms with van der Waals surface area (Å²) in [6.45, 7) is 11.4. The number of aliphatic hydroxyl groups excluding tert-OH is 2. The second-order valence-electron chi connectivity index (χ2n) is 10.4. The molecule has 0 radical (unpaired) electrons. The number of Topliss-reactive ketones (excluding diaryl/α,β-unsaturated/α-hetero) is 1. The van der Waals surface area contributed by atoms with Crippen molar-refractivity contribution < 1.29 is 24.5 Å². The van der Waals surface area contributed by atoms with Crippen LogP contribution in [0.3, 0.4) is 0 Å². The molecule has 35 heavy (non-hydrogen) atoms. The molecule has 6 nitrogen and oxygen atoms in total. The number of carbonyl (C=O) groups excluding carboxylic acids is 2. The van der Waals surface area contributed by atoms with Gasteiger partial charge in [-0.3, -0.25) is 9.59 Å². The number of ether oxygens (including phenoxy) is 1. The fourth-order valence-electron chi connectivity index (χ4n) is 4.73. The number of hydrogen-bond donors (Lipinski definition) is 2. The lowest BCUT2D eigenvalue weighted by Gasteiger charge is -2.29. The van der Waals surface area contributed by atoms with Crippen molar-refractivity contribution >= 4 is 29.2 Å². The van der Waals surface area contributed by atoms with Gasteiger partial charge in [-0.25, -0.2) is 4.98 Å². The van der Waals surface area contributed by atoms with E-state index in [2.05, 4.69) is 18.0 Å². The number of aryl methyl sites for hydroxylation is 1. The molecule has 2 heterocycles. The van der Waals surface area contributed by atoms with E-state index >= 15 is 0 Å². The van der Waals surface area contributed by atoms with E-state index in [1.54, 1.807) is 25.2 Å². The van der Waals surface area contributed by atoms with Crippen LogP contribution < -0.4 is 0 Å². The van der Waals surface area contributed by atoms with Gasteiger partial charge < -0.3 is 14.9 Å². The lowest BCUT2D eigenvalue weighted by Crippen LogP contribution is -2.39. The molecule has 0 aromatic carbocycles. The Labute approximate surface area is 214 Å². The topological polar surface area (TPSA) is 96.7 Å². The van der Waals surface area contributed by atoms with E-state index in [-0.39, 0.29) is 18.1 Å². The van der Waals surface area contributed by atoms with Gasteiger partial charge in [0.1, 0.15) is 11.9 Å². The van der Waals surface area contributed by atoms with Crippen molar-refractivity contribution in [1.82, 2.24) is 4.98 Å². The Kier molecular flexibility index (Phi) is 11.8. The maximum absolute atomic E-state index is 13.0. The monoisotopic (exact) mass is 505 g/mol. The first-order valence-electron chi connectivity index (χ1n) is 12.8. The van der Waals surface area contributed by atoms with Gasteiger partial charge in [-0.2, -0.15) is 0 Å². The molecule has 196 valence electrons. The summed E-state index contributed by atoms with van der Waals surface area (Å²) in [6, 6.07) is 0. The average Bonchev–Trinajstić information content (AvgIpc) is 3.21. The Morgan fingerprint density at radius 2 is 1.86 bits per heavy atom. The predicted octanol–water partition coefficient (Wildman–Crippen LogP) is 5.51. The Balaban J connectivity index is 2.22. The highest BCUT2D eigenvalue weighted by Crippen LogP contribution is 2.27. The van der Waals surface area contributed by atoms with E-state index in [1.165, 1.54) is 0 Å². The number of esters is 1. The molecule has 7 heteroatoms. The highest BCUT2D eigenvalue weighted by Gasteiger charge is 2.34. The molecule has 0 amide bonds. The third-order valence-corrected chi connectivity index (χ3v) is 7.89. The molecule has 1 aromatic heterocycles. The molecule has 1 aliphatic heterocycles. The molecule has 1 aliphatic rings. The first-order valence-corrected chi connectivity index (χ1v) is 13.7. The van der Waals surface area contributed by atoms with E-state index in [9.17, 15) is 19.8 Å². The van der Waals surface area contributed by atoms with Crippen molar-refractivity contribution in [2.75, 3.05) is 0 Å². The van der Waals surface area contributed by atoms with Crippen molar-refractivity contribution in [2.24, 2.45) is 23.7 Å². The Morgan fingerprint density at radius 3 is 2.51 bits per heavy atom. The Bertz CT molecular complexity index is 892. The minimum absolute atomic E-state index is 0.0234. The van der Waals surface area contributed by atoms with Gasteiger partial charge in [0, 0.05) is 23.6 Å². The van der Waals surface area contributed by atoms with Crippen LogP contribution in [0.1, 0.15) is 83.8 Å². The summed E-state index contributed by atoms with van der Waals surface area (Å²) < 4.78 is 5.77. The van der Waals surface area contributed by atoms with Crippen LogP contribution in [0.25, 0.3) is 6.08 Å². The van der Waals surface area contributed by atoms with Gasteiger partial charge in [-0.1, -0.05) is 46.3 Å². The van der Waals surface area contributed by atoms with Crippen molar-refractivity contribution in [3.63, 3.8) is 0 Å². The van der Waals surface area contributed by atoms with Gasteiger partial charge in [0.25, 0.3) is 0 Å². The molecule has 1 aromatic rings. The van der Waals surface area contributed by atoms with Crippen molar-refractivity contribution in [1.29, 1.82) is 0 Å². The van der Waals surface area contributed by atoms with Crippen LogP contribution in [0.2, 0.25) is 0 Å². The molecule has 2 rings (SSSR count). The van der Waals surface area contributed by atoms with E-state index < -0.39 is 36.1 Å². The van der Waals surface area contributed by atoms with E-state index in [4.69, 9.17) is 4.74 Å². The summed E-state index contributed by atoms with van der Waals surface area (Å²) >= 11 is 1.56. The minimum atomic E-state index is -1.17. The quantitative estimate of drug-likeness (QED) is 0.406. The Morgan fingerprint density at radius 1 is 1.14 bits per heavy atom. The SMILES string of the molecule is C/C(=C\c1csc(C)n1)[C@@H]1C/C=C\CCC[C@H](C)C[C@H](C)[C@H](O)[C@@H](C)C(=O)[C@@H](C)[C@@H](O)CC(=O)O1. The summed E-state index contributed by atoms with van der Waals surface area (Å²) in [6.07, 6.45) is 7.80. The van der Waals surface area contributed by atoms with Crippen LogP contribution in [0.4, 0.5) is 0 Å². The minimum Gasteiger partial charge on any atom is -0.457 e. The van der Waals surface area contributed by atoms with Gasteiger partial charge in [-0.15, -0.1) is 11.3 Å². The number of allylic oxidation sites excluding steroid dienone is 1. The third kappa shape index (κ3) is 9.28. The van der Waals surface area contributed by atoms with Gasteiger partial charge in [0.05, 0.1) is 29.3 Å². The molecule has 0 unspecified atom stereocenters. The van der Waals surface area contributed by atoms with Crippen molar-refractivity contribution in [2.45, 2.75) is 98.4 Å². The first kappa shape index (κ1) is 29.4. The largest absolute Gasteiger partial charge is 0.457 e. The lowest BCUT2D eigenvalue weighted by molar-refractivity contribution is -0.151. The zero-order valence-electron chi connectivity index (χ0n) is 22.1. The summed E-state index contributed by atoms with van der Waals surface area (Å²) in [5, 5.41) is 24.4. The number of aliphatic hydroxyl groups is 2. The smallest absolute Gasteiger partial charge is 0.309 e. The molecule has 7 atom stereocenters. The molecular weight excluding hydrogens is 462 g/mol. The number of nitrogens with zero attached hydrogens (tertiary/aromatic N) is 1. The second kappa shape index (κ2) is 14.0. The number of aromatic nitrogens is 1. The lowest BCUT2D eigenvalue weighted by atomic mass is 9.80. The van der Waals surface area contributed by atoms with E-state index in [1.807, 2.05) is 38.3 Å². The summed E-state index contributed by atoms with van der Waals surface area (Å²) in [4.78, 5) is 30.2. The van der Waals surface area contributed by atoms with Crippen LogP contribution in [0, 0.1) is 30.6 Å².